The van der Waals surface area contributed by atoms with Gasteiger partial charge in [-0.3, -0.25) is 0 Å². The van der Waals surface area contributed by atoms with E-state index >= 15 is 0 Å². The summed E-state index contributed by atoms with van der Waals surface area (Å²) >= 11 is 0. The first-order valence-electron chi connectivity index (χ1n) is 15.1. The Morgan fingerprint density at radius 3 is 1.74 bits per heavy atom. The standard InChI is InChI=1S/C40H24N4O2/c45-40-32-20-8-7-19-30(32)35-34(46-40)23-22-31-29-18-9-10-21-33(29)44(36(31)35)28-17-11-16-27(24-28)39-42-37(25-12-3-1-4-13-25)41-38(43-39)26-14-5-2-6-15-26/h1-24H. The van der Waals surface area contributed by atoms with Crippen LogP contribution in [-0.2, 0) is 0 Å². The molecule has 6 aromatic carbocycles. The molecule has 0 amide bonds. The molecule has 0 atom stereocenters. The van der Waals surface area contributed by atoms with Crippen LogP contribution in [0.15, 0.2) is 155 Å². The van der Waals surface area contributed by atoms with Crippen molar-refractivity contribution < 1.29 is 4.42 Å². The van der Waals surface area contributed by atoms with Gasteiger partial charge in [-0.15, -0.1) is 0 Å². The molecule has 9 aromatic rings. The summed E-state index contributed by atoms with van der Waals surface area (Å²) in [7, 11) is 0. The van der Waals surface area contributed by atoms with Crippen molar-refractivity contribution in [2.24, 2.45) is 0 Å². The first-order chi connectivity index (χ1) is 22.7. The highest BCUT2D eigenvalue weighted by Gasteiger charge is 2.19. The summed E-state index contributed by atoms with van der Waals surface area (Å²) in [4.78, 5) is 27.7. The van der Waals surface area contributed by atoms with Crippen molar-refractivity contribution in [2.45, 2.75) is 0 Å². The van der Waals surface area contributed by atoms with Gasteiger partial charge < -0.3 is 8.98 Å². The average molecular weight is 593 g/mol. The Morgan fingerprint density at radius 2 is 1.04 bits per heavy atom. The summed E-state index contributed by atoms with van der Waals surface area (Å²) in [6.45, 7) is 0. The maximum atomic E-state index is 12.9. The third kappa shape index (κ3) is 4.12. The van der Waals surface area contributed by atoms with Crippen LogP contribution in [0.5, 0.6) is 0 Å². The predicted molar refractivity (Wildman–Crippen MR) is 184 cm³/mol. The summed E-state index contributed by atoms with van der Waals surface area (Å²) in [6.07, 6.45) is 0. The molecule has 0 radical (unpaired) electrons. The molecule has 0 saturated carbocycles. The molecular formula is C40H24N4O2. The normalized spacial score (nSPS) is 11.6. The molecule has 0 bridgehead atoms. The fraction of sp³-hybridized carbons (Fsp3) is 0. The van der Waals surface area contributed by atoms with E-state index in [1.165, 1.54) is 0 Å². The van der Waals surface area contributed by atoms with Gasteiger partial charge in [0.2, 0.25) is 0 Å². The second kappa shape index (κ2) is 10.4. The first kappa shape index (κ1) is 26.0. The number of hydrogen-bond acceptors (Lipinski definition) is 5. The van der Waals surface area contributed by atoms with Gasteiger partial charge >= 0.3 is 5.63 Å². The molecule has 0 N–H and O–H groups in total. The van der Waals surface area contributed by atoms with Crippen molar-refractivity contribution >= 4 is 43.5 Å². The van der Waals surface area contributed by atoms with Crippen LogP contribution in [0.1, 0.15) is 0 Å². The highest BCUT2D eigenvalue weighted by atomic mass is 16.4. The highest BCUT2D eigenvalue weighted by molar-refractivity contribution is 6.24. The van der Waals surface area contributed by atoms with Crippen molar-refractivity contribution in [1.82, 2.24) is 19.5 Å². The van der Waals surface area contributed by atoms with Gasteiger partial charge in [-0.25, -0.2) is 19.7 Å². The van der Waals surface area contributed by atoms with Crippen molar-refractivity contribution in [3.8, 4) is 39.9 Å². The largest absolute Gasteiger partial charge is 0.422 e. The predicted octanol–water partition coefficient (Wildman–Crippen LogP) is 9.23. The highest BCUT2D eigenvalue weighted by Crippen LogP contribution is 2.39. The molecule has 3 heterocycles. The molecule has 0 fully saturated rings. The fourth-order valence-electron chi connectivity index (χ4n) is 6.41. The van der Waals surface area contributed by atoms with Crippen LogP contribution in [-0.4, -0.2) is 19.5 Å². The van der Waals surface area contributed by atoms with Crippen LogP contribution in [0, 0.1) is 0 Å². The third-order valence-corrected chi connectivity index (χ3v) is 8.48. The zero-order valence-electron chi connectivity index (χ0n) is 24.5. The Bertz CT molecular complexity index is 2600. The van der Waals surface area contributed by atoms with Crippen LogP contribution in [0.3, 0.4) is 0 Å². The van der Waals surface area contributed by atoms with Gasteiger partial charge in [0.25, 0.3) is 0 Å². The minimum absolute atomic E-state index is 0.342. The number of para-hydroxylation sites is 1. The van der Waals surface area contributed by atoms with Crippen LogP contribution >= 0.6 is 0 Å². The van der Waals surface area contributed by atoms with E-state index in [0.717, 1.165) is 55.0 Å². The Balaban J connectivity index is 1.33. The molecular weight excluding hydrogens is 568 g/mol. The Morgan fingerprint density at radius 1 is 0.478 bits per heavy atom. The van der Waals surface area contributed by atoms with Gasteiger partial charge in [0.05, 0.1) is 21.8 Å². The average Bonchev–Trinajstić information content (AvgIpc) is 3.47. The lowest BCUT2D eigenvalue weighted by Crippen LogP contribution is -2.02. The van der Waals surface area contributed by atoms with Crippen molar-refractivity contribution in [3.63, 3.8) is 0 Å². The van der Waals surface area contributed by atoms with E-state index in [-0.39, 0.29) is 5.63 Å². The van der Waals surface area contributed by atoms with E-state index in [0.29, 0.717) is 28.4 Å². The SMILES string of the molecule is O=c1oc2ccc3c4ccccc4n(-c4cccc(-c5nc(-c6ccccc6)nc(-c6ccccc6)n5)c4)c3c2c2ccccc12. The summed E-state index contributed by atoms with van der Waals surface area (Å²) in [5.74, 6) is 1.80. The molecule has 0 unspecified atom stereocenters. The number of nitrogens with zero attached hydrogens (tertiary/aromatic N) is 4. The molecule has 6 heteroatoms. The maximum Gasteiger partial charge on any atom is 0.344 e. The van der Waals surface area contributed by atoms with E-state index in [2.05, 4.69) is 34.9 Å². The lowest BCUT2D eigenvalue weighted by atomic mass is 10.0. The molecule has 3 aromatic heterocycles. The lowest BCUT2D eigenvalue weighted by Gasteiger charge is -2.13. The third-order valence-electron chi connectivity index (χ3n) is 8.48. The summed E-state index contributed by atoms with van der Waals surface area (Å²) in [5, 5.41) is 4.49. The summed E-state index contributed by atoms with van der Waals surface area (Å²) in [6, 6.07) is 48.2. The summed E-state index contributed by atoms with van der Waals surface area (Å²) in [5.41, 5.74) is 5.86. The minimum atomic E-state index is -0.342. The molecule has 46 heavy (non-hydrogen) atoms. The molecule has 0 saturated heterocycles. The quantitative estimate of drug-likeness (QED) is 0.150. The van der Waals surface area contributed by atoms with E-state index in [4.69, 9.17) is 19.4 Å². The first-order valence-corrected chi connectivity index (χ1v) is 15.1. The Hall–Kier alpha value is -6.40. The fourth-order valence-corrected chi connectivity index (χ4v) is 6.41. The summed E-state index contributed by atoms with van der Waals surface area (Å²) < 4.78 is 8.13. The number of rotatable bonds is 4. The van der Waals surface area contributed by atoms with Gasteiger partial charge in [0.15, 0.2) is 17.5 Å². The smallest absolute Gasteiger partial charge is 0.344 e. The Labute approximate surface area is 262 Å². The molecule has 9 rings (SSSR count). The van der Waals surface area contributed by atoms with Crippen molar-refractivity contribution in [1.29, 1.82) is 0 Å². The van der Waals surface area contributed by atoms with Crippen molar-refractivity contribution in [2.75, 3.05) is 0 Å². The van der Waals surface area contributed by atoms with E-state index in [1.807, 2.05) is 115 Å². The monoisotopic (exact) mass is 592 g/mol. The van der Waals surface area contributed by atoms with Gasteiger partial charge in [0, 0.05) is 38.5 Å². The number of fused-ring (bicyclic) bond motifs is 7. The number of aromatic nitrogens is 4. The van der Waals surface area contributed by atoms with Crippen LogP contribution in [0.2, 0.25) is 0 Å². The van der Waals surface area contributed by atoms with Crippen LogP contribution in [0.4, 0.5) is 0 Å². The van der Waals surface area contributed by atoms with Crippen molar-refractivity contribution in [3.05, 3.63) is 156 Å². The molecule has 0 aliphatic heterocycles. The topological polar surface area (TPSA) is 73.8 Å². The second-order valence-corrected chi connectivity index (χ2v) is 11.2. The maximum absolute atomic E-state index is 12.9. The molecule has 0 aliphatic rings. The zero-order valence-corrected chi connectivity index (χ0v) is 24.5. The lowest BCUT2D eigenvalue weighted by molar-refractivity contribution is 0.570. The Kier molecular flexibility index (Phi) is 5.86. The molecule has 216 valence electrons. The van der Waals surface area contributed by atoms with Gasteiger partial charge in [0.1, 0.15) is 5.58 Å². The van der Waals surface area contributed by atoms with E-state index in [1.54, 1.807) is 0 Å². The second-order valence-electron chi connectivity index (χ2n) is 11.2. The zero-order chi connectivity index (χ0) is 30.6. The molecule has 0 aliphatic carbocycles. The number of benzene rings is 6. The molecule has 0 spiro atoms. The van der Waals surface area contributed by atoms with Crippen LogP contribution in [0.25, 0.3) is 83.4 Å². The van der Waals surface area contributed by atoms with E-state index < -0.39 is 0 Å². The van der Waals surface area contributed by atoms with E-state index in [9.17, 15) is 4.79 Å². The van der Waals surface area contributed by atoms with Gasteiger partial charge in [-0.1, -0.05) is 109 Å². The molecule has 6 nitrogen and oxygen atoms in total. The van der Waals surface area contributed by atoms with Crippen LogP contribution < -0.4 is 5.63 Å². The van der Waals surface area contributed by atoms with Gasteiger partial charge in [-0.05, 0) is 36.4 Å². The van der Waals surface area contributed by atoms with Gasteiger partial charge in [-0.2, -0.15) is 0 Å². The minimum Gasteiger partial charge on any atom is -0.422 e. The number of hydrogen-bond donors (Lipinski definition) is 0.